The fraction of sp³-hybridized carbons (Fsp3) is 0.375. The molecule has 2 aromatic rings. The second kappa shape index (κ2) is 6.10. The van der Waals surface area contributed by atoms with Crippen molar-refractivity contribution < 1.29 is 9.53 Å². The molecule has 0 spiro atoms. The van der Waals surface area contributed by atoms with Crippen LogP contribution in [0.2, 0.25) is 0 Å². The normalized spacial score (nSPS) is 17.9. The van der Waals surface area contributed by atoms with Crippen molar-refractivity contribution in [2.45, 2.75) is 18.9 Å². The summed E-state index contributed by atoms with van der Waals surface area (Å²) < 4.78 is 7.26. The van der Waals surface area contributed by atoms with Gasteiger partial charge in [-0.2, -0.15) is 5.10 Å². The lowest BCUT2D eigenvalue weighted by molar-refractivity contribution is 0.0858. The molecule has 1 amide bonds. The van der Waals surface area contributed by atoms with Crippen molar-refractivity contribution in [2.75, 3.05) is 13.2 Å². The lowest BCUT2D eigenvalue weighted by atomic mass is 10.1. The number of hydrogen-bond acceptors (Lipinski definition) is 3. The topological polar surface area (TPSA) is 56.2 Å². The summed E-state index contributed by atoms with van der Waals surface area (Å²) in [5.74, 6) is -0.0996. The largest absolute Gasteiger partial charge is 0.376 e. The number of ether oxygens (including phenoxy) is 1. The van der Waals surface area contributed by atoms with Gasteiger partial charge in [-0.1, -0.05) is 30.3 Å². The van der Waals surface area contributed by atoms with Crippen LogP contribution in [-0.2, 0) is 11.8 Å². The number of nitrogens with one attached hydrogen (secondary N) is 1. The van der Waals surface area contributed by atoms with Gasteiger partial charge in [0.1, 0.15) is 0 Å². The Balaban J connectivity index is 1.77. The Labute approximate surface area is 123 Å². The molecule has 1 aromatic heterocycles. The molecule has 1 unspecified atom stereocenters. The highest BCUT2D eigenvalue weighted by Gasteiger charge is 2.20. The molecule has 0 bridgehead atoms. The van der Waals surface area contributed by atoms with Crippen LogP contribution in [0.4, 0.5) is 0 Å². The van der Waals surface area contributed by atoms with E-state index in [1.165, 1.54) is 0 Å². The third-order valence-corrected chi connectivity index (χ3v) is 3.74. The summed E-state index contributed by atoms with van der Waals surface area (Å²) in [7, 11) is 1.85. The summed E-state index contributed by atoms with van der Waals surface area (Å²) in [6, 6.07) is 9.82. The number of nitrogens with zero attached hydrogens (tertiary/aromatic N) is 2. The summed E-state index contributed by atoms with van der Waals surface area (Å²) in [5.41, 5.74) is 2.42. The SMILES string of the molecule is Cn1ncc(C(=O)NCC2CCCO2)c1-c1ccccc1. The van der Waals surface area contributed by atoms with E-state index in [-0.39, 0.29) is 12.0 Å². The first-order valence-electron chi connectivity index (χ1n) is 7.23. The summed E-state index contributed by atoms with van der Waals surface area (Å²) in [6.45, 7) is 1.35. The predicted octanol–water partition coefficient (Wildman–Crippen LogP) is 2.00. The zero-order valence-electron chi connectivity index (χ0n) is 12.1. The molecule has 1 saturated heterocycles. The van der Waals surface area contributed by atoms with Gasteiger partial charge in [-0.25, -0.2) is 0 Å². The summed E-state index contributed by atoms with van der Waals surface area (Å²) >= 11 is 0. The minimum absolute atomic E-state index is 0.0996. The van der Waals surface area contributed by atoms with E-state index in [1.807, 2.05) is 37.4 Å². The van der Waals surface area contributed by atoms with E-state index in [2.05, 4.69) is 10.4 Å². The van der Waals surface area contributed by atoms with Gasteiger partial charge in [-0.05, 0) is 12.8 Å². The molecule has 1 aliphatic heterocycles. The minimum atomic E-state index is -0.0996. The number of rotatable bonds is 4. The number of aryl methyl sites for hydroxylation is 1. The van der Waals surface area contributed by atoms with Crippen LogP contribution >= 0.6 is 0 Å². The Morgan fingerprint density at radius 3 is 2.95 bits per heavy atom. The van der Waals surface area contributed by atoms with Crippen molar-refractivity contribution in [1.82, 2.24) is 15.1 Å². The first-order chi connectivity index (χ1) is 10.3. The molecule has 3 rings (SSSR count). The molecule has 110 valence electrons. The van der Waals surface area contributed by atoms with Crippen molar-refractivity contribution in [3.8, 4) is 11.3 Å². The number of hydrogen-bond donors (Lipinski definition) is 1. The van der Waals surface area contributed by atoms with Gasteiger partial charge in [-0.15, -0.1) is 0 Å². The Kier molecular flexibility index (Phi) is 4.01. The van der Waals surface area contributed by atoms with Gasteiger partial charge < -0.3 is 10.1 Å². The highest BCUT2D eigenvalue weighted by Crippen LogP contribution is 2.22. The Morgan fingerprint density at radius 1 is 1.43 bits per heavy atom. The quantitative estimate of drug-likeness (QED) is 0.934. The van der Waals surface area contributed by atoms with Gasteiger partial charge in [0.2, 0.25) is 0 Å². The Bertz CT molecular complexity index is 616. The standard InChI is InChI=1S/C16H19N3O2/c1-19-15(12-6-3-2-4-7-12)14(11-18-19)16(20)17-10-13-8-5-9-21-13/h2-4,6-7,11,13H,5,8-10H2,1H3,(H,17,20). The number of carbonyl (C=O) groups is 1. The number of benzene rings is 1. The van der Waals surface area contributed by atoms with Gasteiger partial charge in [0.25, 0.3) is 5.91 Å². The molecule has 0 saturated carbocycles. The van der Waals surface area contributed by atoms with Crippen LogP contribution < -0.4 is 5.32 Å². The Morgan fingerprint density at radius 2 is 2.24 bits per heavy atom. The van der Waals surface area contributed by atoms with Crippen molar-refractivity contribution in [3.63, 3.8) is 0 Å². The molecular weight excluding hydrogens is 266 g/mol. The van der Waals surface area contributed by atoms with Crippen molar-refractivity contribution >= 4 is 5.91 Å². The predicted molar refractivity (Wildman–Crippen MR) is 80.0 cm³/mol. The van der Waals surface area contributed by atoms with Gasteiger partial charge in [0.15, 0.2) is 0 Å². The van der Waals surface area contributed by atoms with Gasteiger partial charge in [0.05, 0.1) is 23.6 Å². The summed E-state index contributed by atoms with van der Waals surface area (Å²) in [6.07, 6.45) is 3.85. The van der Waals surface area contributed by atoms with E-state index in [0.29, 0.717) is 12.1 Å². The van der Waals surface area contributed by atoms with E-state index in [0.717, 1.165) is 30.7 Å². The molecule has 2 heterocycles. The van der Waals surface area contributed by atoms with Crippen molar-refractivity contribution in [2.24, 2.45) is 7.05 Å². The number of carbonyl (C=O) groups excluding carboxylic acids is 1. The maximum absolute atomic E-state index is 12.4. The van der Waals surface area contributed by atoms with E-state index in [9.17, 15) is 4.79 Å². The van der Waals surface area contributed by atoms with Gasteiger partial charge >= 0.3 is 0 Å². The molecule has 0 radical (unpaired) electrons. The lowest BCUT2D eigenvalue weighted by Crippen LogP contribution is -2.31. The van der Waals surface area contributed by atoms with Crippen LogP contribution in [-0.4, -0.2) is 34.9 Å². The second-order valence-corrected chi connectivity index (χ2v) is 5.24. The fourth-order valence-electron chi connectivity index (χ4n) is 2.65. The van der Waals surface area contributed by atoms with E-state index in [1.54, 1.807) is 10.9 Å². The third-order valence-electron chi connectivity index (χ3n) is 3.74. The maximum atomic E-state index is 12.4. The highest BCUT2D eigenvalue weighted by molar-refractivity contribution is 5.99. The lowest BCUT2D eigenvalue weighted by Gasteiger charge is -2.11. The maximum Gasteiger partial charge on any atom is 0.255 e. The average Bonchev–Trinajstić information content (AvgIpc) is 3.15. The molecular formula is C16H19N3O2. The summed E-state index contributed by atoms with van der Waals surface area (Å²) in [4.78, 5) is 12.4. The molecule has 5 nitrogen and oxygen atoms in total. The van der Waals surface area contributed by atoms with Gasteiger partial charge in [0, 0.05) is 25.8 Å². The zero-order chi connectivity index (χ0) is 14.7. The number of amides is 1. The van der Waals surface area contributed by atoms with Gasteiger partial charge in [-0.3, -0.25) is 9.48 Å². The van der Waals surface area contributed by atoms with Crippen molar-refractivity contribution in [3.05, 3.63) is 42.1 Å². The van der Waals surface area contributed by atoms with E-state index in [4.69, 9.17) is 4.74 Å². The molecule has 21 heavy (non-hydrogen) atoms. The van der Waals surface area contributed by atoms with Crippen LogP contribution in [0.3, 0.4) is 0 Å². The smallest absolute Gasteiger partial charge is 0.255 e. The van der Waals surface area contributed by atoms with Crippen LogP contribution in [0.1, 0.15) is 23.2 Å². The van der Waals surface area contributed by atoms with Crippen LogP contribution in [0.15, 0.2) is 36.5 Å². The fourth-order valence-corrected chi connectivity index (χ4v) is 2.65. The van der Waals surface area contributed by atoms with Crippen LogP contribution in [0, 0.1) is 0 Å². The second-order valence-electron chi connectivity index (χ2n) is 5.24. The minimum Gasteiger partial charge on any atom is -0.376 e. The molecule has 1 atom stereocenters. The van der Waals surface area contributed by atoms with Crippen molar-refractivity contribution in [1.29, 1.82) is 0 Å². The number of aromatic nitrogens is 2. The average molecular weight is 285 g/mol. The first-order valence-corrected chi connectivity index (χ1v) is 7.23. The molecule has 0 aliphatic carbocycles. The summed E-state index contributed by atoms with van der Waals surface area (Å²) in [5, 5.41) is 7.17. The third kappa shape index (κ3) is 2.97. The molecule has 1 fully saturated rings. The first kappa shape index (κ1) is 13.8. The van der Waals surface area contributed by atoms with Crippen LogP contribution in [0.5, 0.6) is 0 Å². The Hall–Kier alpha value is -2.14. The molecule has 1 N–H and O–H groups in total. The van der Waals surface area contributed by atoms with E-state index >= 15 is 0 Å². The van der Waals surface area contributed by atoms with E-state index < -0.39 is 0 Å². The zero-order valence-corrected chi connectivity index (χ0v) is 12.1. The van der Waals surface area contributed by atoms with Crippen LogP contribution in [0.25, 0.3) is 11.3 Å². The monoisotopic (exact) mass is 285 g/mol. The molecule has 1 aromatic carbocycles. The molecule has 5 heteroatoms. The highest BCUT2D eigenvalue weighted by atomic mass is 16.5. The molecule has 1 aliphatic rings.